The lowest BCUT2D eigenvalue weighted by Crippen LogP contribution is -2.43. The maximum Gasteiger partial charge on any atom is 0.411 e. The summed E-state index contributed by atoms with van der Waals surface area (Å²) in [6, 6.07) is 9.36. The SMILES string of the molecule is COC(=O)[C@@H]1C[C@H](Sc2ccccc2)CN1C(=O)OC(C)(C)C. The lowest BCUT2D eigenvalue weighted by molar-refractivity contribution is -0.145. The first-order valence-corrected chi connectivity index (χ1v) is 8.47. The third kappa shape index (κ3) is 4.89. The molecular formula is C17H23NO4S. The van der Waals surface area contributed by atoms with Crippen LogP contribution in [0.1, 0.15) is 27.2 Å². The van der Waals surface area contributed by atoms with Gasteiger partial charge in [-0.15, -0.1) is 11.8 Å². The van der Waals surface area contributed by atoms with Crippen molar-refractivity contribution in [3.8, 4) is 0 Å². The second-order valence-electron chi connectivity index (χ2n) is 6.46. The molecular weight excluding hydrogens is 314 g/mol. The number of ether oxygens (including phenoxy) is 2. The molecule has 0 saturated carbocycles. The molecule has 0 bridgehead atoms. The van der Waals surface area contributed by atoms with E-state index in [1.165, 1.54) is 12.0 Å². The van der Waals surface area contributed by atoms with E-state index in [0.717, 1.165) is 4.90 Å². The van der Waals surface area contributed by atoms with E-state index in [2.05, 4.69) is 0 Å². The summed E-state index contributed by atoms with van der Waals surface area (Å²) in [5.41, 5.74) is -0.595. The Morgan fingerprint density at radius 1 is 1.22 bits per heavy atom. The molecule has 0 unspecified atom stereocenters. The summed E-state index contributed by atoms with van der Waals surface area (Å²) in [6.45, 7) is 5.90. The molecule has 1 fully saturated rings. The van der Waals surface area contributed by atoms with Crippen molar-refractivity contribution in [3.63, 3.8) is 0 Å². The molecule has 0 aromatic heterocycles. The summed E-state index contributed by atoms with van der Waals surface area (Å²) in [4.78, 5) is 27.0. The van der Waals surface area contributed by atoms with Gasteiger partial charge in [-0.1, -0.05) is 18.2 Å². The van der Waals surface area contributed by atoms with Gasteiger partial charge in [-0.05, 0) is 39.3 Å². The average Bonchev–Trinajstić information content (AvgIpc) is 2.90. The Morgan fingerprint density at radius 3 is 2.43 bits per heavy atom. The molecule has 1 heterocycles. The molecule has 0 spiro atoms. The zero-order valence-corrected chi connectivity index (χ0v) is 14.8. The van der Waals surface area contributed by atoms with E-state index in [4.69, 9.17) is 9.47 Å². The average molecular weight is 337 g/mol. The summed E-state index contributed by atoms with van der Waals surface area (Å²) in [5.74, 6) is -0.396. The molecule has 1 aliphatic rings. The summed E-state index contributed by atoms with van der Waals surface area (Å²) in [7, 11) is 1.34. The van der Waals surface area contributed by atoms with Gasteiger partial charge in [-0.2, -0.15) is 0 Å². The smallest absolute Gasteiger partial charge is 0.411 e. The number of carbonyl (C=O) groups excluding carboxylic acids is 2. The van der Waals surface area contributed by atoms with Crippen LogP contribution in [0.3, 0.4) is 0 Å². The second kappa shape index (κ2) is 7.25. The Hall–Kier alpha value is -1.69. The van der Waals surface area contributed by atoms with Gasteiger partial charge in [0.15, 0.2) is 0 Å². The number of likely N-dealkylation sites (tertiary alicyclic amines) is 1. The zero-order chi connectivity index (χ0) is 17.0. The second-order valence-corrected chi connectivity index (χ2v) is 7.83. The van der Waals surface area contributed by atoms with E-state index < -0.39 is 23.7 Å². The number of benzene rings is 1. The molecule has 2 rings (SSSR count). The molecule has 1 saturated heterocycles. The minimum atomic E-state index is -0.595. The van der Waals surface area contributed by atoms with Gasteiger partial charge in [0.05, 0.1) is 7.11 Å². The van der Waals surface area contributed by atoms with Gasteiger partial charge in [0, 0.05) is 16.7 Å². The molecule has 126 valence electrons. The van der Waals surface area contributed by atoms with Crippen LogP contribution in [0.4, 0.5) is 4.79 Å². The Labute approximate surface area is 141 Å². The monoisotopic (exact) mass is 337 g/mol. The lowest BCUT2D eigenvalue weighted by atomic mass is 10.2. The molecule has 23 heavy (non-hydrogen) atoms. The van der Waals surface area contributed by atoms with E-state index in [1.807, 2.05) is 51.1 Å². The summed E-state index contributed by atoms with van der Waals surface area (Å²) in [5, 5.41) is 0.133. The molecule has 2 atom stereocenters. The highest BCUT2D eigenvalue weighted by Crippen LogP contribution is 2.34. The van der Waals surface area contributed by atoms with Gasteiger partial charge < -0.3 is 9.47 Å². The van der Waals surface area contributed by atoms with Crippen LogP contribution >= 0.6 is 11.8 Å². The Balaban J connectivity index is 2.09. The molecule has 1 aromatic rings. The first-order valence-electron chi connectivity index (χ1n) is 7.59. The first-order chi connectivity index (χ1) is 10.8. The number of carbonyl (C=O) groups is 2. The molecule has 0 N–H and O–H groups in total. The number of methoxy groups -OCH3 is 1. The van der Waals surface area contributed by atoms with Crippen LogP contribution in [0.25, 0.3) is 0 Å². The van der Waals surface area contributed by atoms with Crippen molar-refractivity contribution in [2.75, 3.05) is 13.7 Å². The fraction of sp³-hybridized carbons (Fsp3) is 0.529. The van der Waals surface area contributed by atoms with Gasteiger partial charge in [0.2, 0.25) is 0 Å². The third-order valence-electron chi connectivity index (χ3n) is 3.41. The van der Waals surface area contributed by atoms with Crippen molar-refractivity contribution in [2.45, 2.75) is 49.0 Å². The van der Waals surface area contributed by atoms with Crippen molar-refractivity contribution in [3.05, 3.63) is 30.3 Å². The zero-order valence-electron chi connectivity index (χ0n) is 13.9. The standard InChI is InChI=1S/C17H23NO4S/c1-17(2,3)22-16(20)18-11-13(10-14(18)15(19)21-4)23-12-8-6-5-7-9-12/h5-9,13-14H,10-11H2,1-4H3/t13-,14-/m0/s1. The van der Waals surface area contributed by atoms with Crippen LogP contribution < -0.4 is 0 Å². The van der Waals surface area contributed by atoms with E-state index in [-0.39, 0.29) is 5.25 Å². The minimum Gasteiger partial charge on any atom is -0.467 e. The highest BCUT2D eigenvalue weighted by molar-refractivity contribution is 8.00. The number of hydrogen-bond donors (Lipinski definition) is 0. The molecule has 1 amide bonds. The molecule has 0 aliphatic carbocycles. The van der Waals surface area contributed by atoms with Gasteiger partial charge in [-0.3, -0.25) is 4.90 Å². The van der Waals surface area contributed by atoms with Gasteiger partial charge >= 0.3 is 12.1 Å². The van der Waals surface area contributed by atoms with E-state index in [9.17, 15) is 9.59 Å². The Morgan fingerprint density at radius 2 is 1.87 bits per heavy atom. The van der Waals surface area contributed by atoms with Crippen molar-refractivity contribution in [1.29, 1.82) is 0 Å². The highest BCUT2D eigenvalue weighted by atomic mass is 32.2. The van der Waals surface area contributed by atoms with Crippen molar-refractivity contribution >= 4 is 23.8 Å². The van der Waals surface area contributed by atoms with Crippen LogP contribution in [0.15, 0.2) is 35.2 Å². The molecule has 1 aromatic carbocycles. The minimum absolute atomic E-state index is 0.133. The van der Waals surface area contributed by atoms with Gasteiger partial charge in [-0.25, -0.2) is 9.59 Å². The van der Waals surface area contributed by atoms with E-state index >= 15 is 0 Å². The van der Waals surface area contributed by atoms with Gasteiger partial charge in [0.1, 0.15) is 11.6 Å². The van der Waals surface area contributed by atoms with Crippen LogP contribution in [-0.2, 0) is 14.3 Å². The molecule has 5 nitrogen and oxygen atoms in total. The summed E-state index contributed by atoms with van der Waals surface area (Å²) in [6.07, 6.45) is 0.0925. The number of thioether (sulfide) groups is 1. The molecule has 0 radical (unpaired) electrons. The third-order valence-corrected chi connectivity index (χ3v) is 4.63. The maximum absolute atomic E-state index is 12.4. The van der Waals surface area contributed by atoms with Crippen LogP contribution in [0.2, 0.25) is 0 Å². The summed E-state index contributed by atoms with van der Waals surface area (Å²) >= 11 is 1.66. The predicted molar refractivity (Wildman–Crippen MR) is 89.4 cm³/mol. The van der Waals surface area contributed by atoms with Crippen LogP contribution in [0.5, 0.6) is 0 Å². The maximum atomic E-state index is 12.4. The molecule has 6 heteroatoms. The first kappa shape index (κ1) is 17.7. The quantitative estimate of drug-likeness (QED) is 0.792. The predicted octanol–water partition coefficient (Wildman–Crippen LogP) is 3.33. The van der Waals surface area contributed by atoms with Crippen LogP contribution in [0, 0.1) is 0 Å². The van der Waals surface area contributed by atoms with Crippen molar-refractivity contribution in [1.82, 2.24) is 4.90 Å². The van der Waals surface area contributed by atoms with E-state index in [0.29, 0.717) is 13.0 Å². The van der Waals surface area contributed by atoms with Gasteiger partial charge in [0.25, 0.3) is 0 Å². The fourth-order valence-corrected chi connectivity index (χ4v) is 3.67. The van der Waals surface area contributed by atoms with Crippen LogP contribution in [-0.4, -0.2) is 47.5 Å². The number of nitrogens with zero attached hydrogens (tertiary/aromatic N) is 1. The largest absolute Gasteiger partial charge is 0.467 e. The number of hydrogen-bond acceptors (Lipinski definition) is 5. The molecule has 1 aliphatic heterocycles. The van der Waals surface area contributed by atoms with Crippen molar-refractivity contribution in [2.24, 2.45) is 0 Å². The number of amides is 1. The Bertz CT molecular complexity index is 555. The topological polar surface area (TPSA) is 55.8 Å². The Kier molecular flexibility index (Phi) is 5.57. The number of esters is 1. The fourth-order valence-electron chi connectivity index (χ4n) is 2.46. The highest BCUT2D eigenvalue weighted by Gasteiger charge is 2.42. The van der Waals surface area contributed by atoms with Crippen molar-refractivity contribution < 1.29 is 19.1 Å². The summed E-state index contributed by atoms with van der Waals surface area (Å²) < 4.78 is 10.3. The van der Waals surface area contributed by atoms with E-state index in [1.54, 1.807) is 11.8 Å². The number of rotatable bonds is 3. The normalized spacial score (nSPS) is 21.1. The lowest BCUT2D eigenvalue weighted by Gasteiger charge is -2.27.